The average Bonchev–Trinajstić information content (AvgIpc) is 3.21. The first-order chi connectivity index (χ1) is 12.7. The van der Waals surface area contributed by atoms with E-state index in [4.69, 9.17) is 14.2 Å². The van der Waals surface area contributed by atoms with E-state index in [0.717, 1.165) is 22.5 Å². The number of nitrogens with zero attached hydrogens (tertiary/aromatic N) is 2. The molecular formula is C19H20N2O4S. The molecule has 1 unspecified atom stereocenters. The number of aromatic nitrogens is 2. The summed E-state index contributed by atoms with van der Waals surface area (Å²) in [6.07, 6.45) is 1.60. The standard InChI is InChI=1S/C19H20N2O4S/c1-12-7-14-8-16(18(22)13-3-4-17(23-2)20-9-13)26-19(14)21(12)10-15-11-24-5-6-25-15/h3-4,7-9,15H,5-6,10-11H2,1-2H3. The molecule has 7 heteroatoms. The summed E-state index contributed by atoms with van der Waals surface area (Å²) in [5.74, 6) is 0.470. The van der Waals surface area contributed by atoms with Crippen LogP contribution in [0.3, 0.4) is 0 Å². The van der Waals surface area contributed by atoms with E-state index < -0.39 is 0 Å². The van der Waals surface area contributed by atoms with E-state index in [1.54, 1.807) is 25.4 Å². The molecule has 3 aromatic heterocycles. The minimum Gasteiger partial charge on any atom is -0.481 e. The number of ether oxygens (including phenoxy) is 3. The topological polar surface area (TPSA) is 62.6 Å². The number of fused-ring (bicyclic) bond motifs is 1. The lowest BCUT2D eigenvalue weighted by Gasteiger charge is -2.24. The molecule has 0 bridgehead atoms. The van der Waals surface area contributed by atoms with Crippen LogP contribution in [0.15, 0.2) is 30.5 Å². The summed E-state index contributed by atoms with van der Waals surface area (Å²) in [6.45, 7) is 4.70. The highest BCUT2D eigenvalue weighted by molar-refractivity contribution is 7.20. The number of aryl methyl sites for hydroxylation is 1. The molecule has 4 rings (SSSR count). The van der Waals surface area contributed by atoms with Crippen LogP contribution in [-0.4, -0.2) is 48.4 Å². The van der Waals surface area contributed by atoms with Crippen molar-refractivity contribution in [1.82, 2.24) is 9.55 Å². The number of pyridine rings is 1. The van der Waals surface area contributed by atoms with Gasteiger partial charge in [-0.2, -0.15) is 0 Å². The average molecular weight is 372 g/mol. The number of rotatable bonds is 5. The van der Waals surface area contributed by atoms with Crippen molar-refractivity contribution in [1.29, 1.82) is 0 Å². The van der Waals surface area contributed by atoms with Crippen molar-refractivity contribution in [2.24, 2.45) is 0 Å². The summed E-state index contributed by atoms with van der Waals surface area (Å²) in [5, 5.41) is 1.08. The zero-order valence-electron chi connectivity index (χ0n) is 14.7. The minimum atomic E-state index is -0.0252. The van der Waals surface area contributed by atoms with Crippen molar-refractivity contribution in [2.45, 2.75) is 19.6 Å². The van der Waals surface area contributed by atoms with E-state index in [1.807, 2.05) is 6.07 Å². The Morgan fingerprint density at radius 2 is 2.27 bits per heavy atom. The monoisotopic (exact) mass is 372 g/mol. The Morgan fingerprint density at radius 3 is 2.96 bits per heavy atom. The Hall–Kier alpha value is -2.22. The quantitative estimate of drug-likeness (QED) is 0.644. The Bertz CT molecular complexity index is 923. The second-order valence-corrected chi connectivity index (χ2v) is 7.28. The fraction of sp³-hybridized carbons (Fsp3) is 0.368. The lowest BCUT2D eigenvalue weighted by atomic mass is 10.1. The van der Waals surface area contributed by atoms with Crippen LogP contribution in [0.1, 0.15) is 20.9 Å². The van der Waals surface area contributed by atoms with Crippen molar-refractivity contribution in [2.75, 3.05) is 26.9 Å². The molecule has 0 spiro atoms. The molecule has 0 radical (unpaired) electrons. The van der Waals surface area contributed by atoms with Gasteiger partial charge in [0.2, 0.25) is 11.7 Å². The second-order valence-electron chi connectivity index (χ2n) is 6.25. The molecule has 0 N–H and O–H groups in total. The van der Waals surface area contributed by atoms with E-state index in [1.165, 1.54) is 11.3 Å². The number of thiophene rings is 1. The fourth-order valence-corrected chi connectivity index (χ4v) is 4.30. The molecule has 26 heavy (non-hydrogen) atoms. The highest BCUT2D eigenvalue weighted by Gasteiger charge is 2.20. The van der Waals surface area contributed by atoms with Crippen LogP contribution in [0.4, 0.5) is 0 Å². The first kappa shape index (κ1) is 17.2. The Kier molecular flexibility index (Phi) is 4.76. The first-order valence-electron chi connectivity index (χ1n) is 8.49. The third-order valence-electron chi connectivity index (χ3n) is 4.48. The maximum Gasteiger partial charge on any atom is 0.212 e. The normalized spacial score (nSPS) is 17.5. The smallest absolute Gasteiger partial charge is 0.212 e. The van der Waals surface area contributed by atoms with Crippen molar-refractivity contribution in [3.05, 3.63) is 46.6 Å². The molecule has 1 atom stereocenters. The van der Waals surface area contributed by atoms with E-state index in [-0.39, 0.29) is 11.9 Å². The summed E-state index contributed by atoms with van der Waals surface area (Å²) in [4.78, 5) is 18.7. The van der Waals surface area contributed by atoms with Crippen molar-refractivity contribution < 1.29 is 19.0 Å². The summed E-state index contributed by atoms with van der Waals surface area (Å²) < 4.78 is 18.5. The van der Waals surface area contributed by atoms with Crippen molar-refractivity contribution in [3.8, 4) is 5.88 Å². The largest absolute Gasteiger partial charge is 0.481 e. The molecule has 136 valence electrons. The van der Waals surface area contributed by atoms with Gasteiger partial charge in [0.05, 0.1) is 44.5 Å². The predicted octanol–water partition coefficient (Wildman–Crippen LogP) is 3.06. The third-order valence-corrected chi connectivity index (χ3v) is 5.65. The lowest BCUT2D eigenvalue weighted by molar-refractivity contribution is -0.0933. The maximum absolute atomic E-state index is 12.8. The van der Waals surface area contributed by atoms with E-state index in [9.17, 15) is 4.79 Å². The molecule has 1 saturated heterocycles. The van der Waals surface area contributed by atoms with Crippen LogP contribution in [-0.2, 0) is 16.0 Å². The van der Waals surface area contributed by atoms with Crippen LogP contribution in [0.25, 0.3) is 10.2 Å². The molecule has 0 saturated carbocycles. The summed E-state index contributed by atoms with van der Waals surface area (Å²) in [5.41, 5.74) is 1.72. The van der Waals surface area contributed by atoms with Gasteiger partial charge in [0.1, 0.15) is 4.83 Å². The summed E-state index contributed by atoms with van der Waals surface area (Å²) in [6, 6.07) is 7.50. The van der Waals surface area contributed by atoms with Crippen molar-refractivity contribution in [3.63, 3.8) is 0 Å². The molecular weight excluding hydrogens is 352 g/mol. The molecule has 1 aliphatic rings. The third kappa shape index (κ3) is 3.25. The molecule has 0 amide bonds. The van der Waals surface area contributed by atoms with Gasteiger partial charge in [-0.1, -0.05) is 0 Å². The molecule has 1 fully saturated rings. The molecule has 3 aromatic rings. The molecule has 1 aliphatic heterocycles. The maximum atomic E-state index is 12.8. The lowest BCUT2D eigenvalue weighted by Crippen LogP contribution is -2.32. The van der Waals surface area contributed by atoms with Gasteiger partial charge in [0, 0.05) is 28.9 Å². The van der Waals surface area contributed by atoms with Crippen molar-refractivity contribution >= 4 is 27.3 Å². The number of carbonyl (C=O) groups is 1. The summed E-state index contributed by atoms with van der Waals surface area (Å²) >= 11 is 1.50. The first-order valence-corrected chi connectivity index (χ1v) is 9.31. The highest BCUT2D eigenvalue weighted by atomic mass is 32.1. The Balaban J connectivity index is 1.61. The van der Waals surface area contributed by atoms with Crippen LogP contribution in [0.5, 0.6) is 5.88 Å². The number of methoxy groups -OCH3 is 1. The number of carbonyl (C=O) groups excluding carboxylic acids is 1. The molecule has 0 aliphatic carbocycles. The van der Waals surface area contributed by atoms with E-state index in [0.29, 0.717) is 36.1 Å². The highest BCUT2D eigenvalue weighted by Crippen LogP contribution is 2.31. The number of hydrogen-bond donors (Lipinski definition) is 0. The number of hydrogen-bond acceptors (Lipinski definition) is 6. The predicted molar refractivity (Wildman–Crippen MR) is 99.3 cm³/mol. The van der Waals surface area contributed by atoms with Gasteiger partial charge in [-0.05, 0) is 25.1 Å². The zero-order chi connectivity index (χ0) is 18.1. The zero-order valence-corrected chi connectivity index (χ0v) is 15.5. The van der Waals surface area contributed by atoms with Crippen LogP contribution in [0, 0.1) is 6.92 Å². The number of ketones is 1. The molecule has 0 aromatic carbocycles. The molecule has 4 heterocycles. The second kappa shape index (κ2) is 7.19. The van der Waals surface area contributed by atoms with Crippen LogP contribution >= 0.6 is 11.3 Å². The van der Waals surface area contributed by atoms with Gasteiger partial charge < -0.3 is 18.8 Å². The Morgan fingerprint density at radius 1 is 1.38 bits per heavy atom. The van der Waals surface area contributed by atoms with Gasteiger partial charge >= 0.3 is 0 Å². The fourth-order valence-electron chi connectivity index (χ4n) is 3.14. The molecule has 6 nitrogen and oxygen atoms in total. The van der Waals surface area contributed by atoms with E-state index in [2.05, 4.69) is 22.5 Å². The van der Waals surface area contributed by atoms with Gasteiger partial charge in [-0.15, -0.1) is 11.3 Å². The van der Waals surface area contributed by atoms with Gasteiger partial charge in [0.15, 0.2) is 0 Å². The van der Waals surface area contributed by atoms with Crippen LogP contribution < -0.4 is 4.74 Å². The van der Waals surface area contributed by atoms with Gasteiger partial charge in [-0.3, -0.25) is 4.79 Å². The van der Waals surface area contributed by atoms with Crippen LogP contribution in [0.2, 0.25) is 0 Å². The SMILES string of the molecule is COc1ccc(C(=O)c2cc3cc(C)n(CC4COCCO4)c3s2)cn1. The minimum absolute atomic E-state index is 0.0252. The Labute approximate surface area is 155 Å². The summed E-state index contributed by atoms with van der Waals surface area (Å²) in [7, 11) is 1.55. The van der Waals surface area contributed by atoms with Gasteiger partial charge in [0.25, 0.3) is 0 Å². The van der Waals surface area contributed by atoms with Gasteiger partial charge in [-0.25, -0.2) is 4.98 Å². The van der Waals surface area contributed by atoms with E-state index >= 15 is 0 Å².